The van der Waals surface area contributed by atoms with Crippen molar-refractivity contribution >= 4 is 18.3 Å². The lowest BCUT2D eigenvalue weighted by molar-refractivity contribution is -0.130. The number of hydrogen-bond acceptors (Lipinski definition) is 3. The molecular formula is C22H28ClN3O2. The molecule has 2 fully saturated rings. The zero-order chi connectivity index (χ0) is 19.0. The molecule has 3 atom stereocenters. The maximum absolute atomic E-state index is 12.7. The van der Waals surface area contributed by atoms with Gasteiger partial charge in [0.05, 0.1) is 0 Å². The normalized spacial score (nSPS) is 24.1. The van der Waals surface area contributed by atoms with E-state index in [4.69, 9.17) is 0 Å². The third-order valence-corrected chi connectivity index (χ3v) is 6.22. The maximum Gasteiger partial charge on any atom is 0.250 e. The topological polar surface area (TPSA) is 45.6 Å². The predicted molar refractivity (Wildman–Crippen MR) is 113 cm³/mol. The quantitative estimate of drug-likeness (QED) is 0.791. The van der Waals surface area contributed by atoms with Crippen LogP contribution < -0.4 is 5.56 Å². The molecule has 5 nitrogen and oxygen atoms in total. The summed E-state index contributed by atoms with van der Waals surface area (Å²) in [5.41, 5.74) is 2.66. The molecule has 0 bridgehead atoms. The summed E-state index contributed by atoms with van der Waals surface area (Å²) < 4.78 is 1.61. The van der Waals surface area contributed by atoms with Gasteiger partial charge in [0.25, 0.3) is 5.56 Å². The van der Waals surface area contributed by atoms with Crippen LogP contribution in [0.4, 0.5) is 0 Å². The van der Waals surface area contributed by atoms with E-state index in [2.05, 4.69) is 43.1 Å². The van der Waals surface area contributed by atoms with E-state index in [1.165, 1.54) is 17.2 Å². The van der Waals surface area contributed by atoms with Gasteiger partial charge in [-0.2, -0.15) is 0 Å². The summed E-state index contributed by atoms with van der Waals surface area (Å²) in [7, 11) is 2.20. The second-order valence-corrected chi connectivity index (χ2v) is 7.95. The molecule has 2 saturated heterocycles. The fraction of sp³-hybridized carbons (Fsp3) is 0.455. The smallest absolute Gasteiger partial charge is 0.250 e. The number of pyridine rings is 1. The van der Waals surface area contributed by atoms with Gasteiger partial charge in [0, 0.05) is 56.8 Å². The summed E-state index contributed by atoms with van der Waals surface area (Å²) in [6, 6.07) is 14.1. The fourth-order valence-corrected chi connectivity index (χ4v) is 4.87. The van der Waals surface area contributed by atoms with E-state index in [1.807, 2.05) is 11.0 Å². The van der Waals surface area contributed by atoms with Crippen LogP contribution >= 0.6 is 12.4 Å². The lowest BCUT2D eigenvalue weighted by atomic mass is 9.88. The molecule has 0 spiro atoms. The molecule has 0 saturated carbocycles. The lowest BCUT2D eigenvalue weighted by Crippen LogP contribution is -2.34. The van der Waals surface area contributed by atoms with Gasteiger partial charge >= 0.3 is 0 Å². The van der Waals surface area contributed by atoms with Crippen molar-refractivity contribution in [2.24, 2.45) is 11.8 Å². The largest absolute Gasteiger partial charge is 0.342 e. The summed E-state index contributed by atoms with van der Waals surface area (Å²) in [6.07, 6.45) is 2.13. The van der Waals surface area contributed by atoms with E-state index in [0.29, 0.717) is 30.8 Å². The average Bonchev–Trinajstić information content (AvgIpc) is 3.18. The van der Waals surface area contributed by atoms with Crippen molar-refractivity contribution in [2.75, 3.05) is 26.7 Å². The Morgan fingerprint density at radius 1 is 1.07 bits per heavy atom. The molecule has 0 radical (unpaired) electrons. The molecule has 3 heterocycles. The molecule has 2 aromatic rings. The Labute approximate surface area is 172 Å². The van der Waals surface area contributed by atoms with Gasteiger partial charge in [-0.15, -0.1) is 12.4 Å². The summed E-state index contributed by atoms with van der Waals surface area (Å²) in [4.78, 5) is 29.0. The van der Waals surface area contributed by atoms with Crippen molar-refractivity contribution in [1.29, 1.82) is 0 Å². The summed E-state index contributed by atoms with van der Waals surface area (Å²) >= 11 is 0. The molecule has 0 unspecified atom stereocenters. The molecule has 0 N–H and O–H groups in total. The maximum atomic E-state index is 12.7. The van der Waals surface area contributed by atoms with Gasteiger partial charge in [-0.1, -0.05) is 30.3 Å². The number of nitrogens with zero attached hydrogens (tertiary/aromatic N) is 3. The van der Waals surface area contributed by atoms with Crippen molar-refractivity contribution in [3.63, 3.8) is 0 Å². The van der Waals surface area contributed by atoms with Crippen LogP contribution in [0.3, 0.4) is 0 Å². The molecule has 28 heavy (non-hydrogen) atoms. The number of fused-ring (bicyclic) bond motifs is 1. The van der Waals surface area contributed by atoms with E-state index in [1.54, 1.807) is 16.8 Å². The van der Waals surface area contributed by atoms with Crippen molar-refractivity contribution in [2.45, 2.75) is 25.9 Å². The SMILES string of the molecule is Cc1ccccc1[C@H]1[C@@H]2CN(C(=O)CCn3ccccc3=O)C[C@@H]2CN1C.Cl. The van der Waals surface area contributed by atoms with E-state index in [0.717, 1.165) is 19.6 Å². The minimum Gasteiger partial charge on any atom is -0.342 e. The number of rotatable bonds is 4. The standard InChI is InChI=1S/C22H27N3O2.ClH/c1-16-7-3-4-8-18(16)22-19-15-25(14-17(19)13-23(22)2)21(27)10-12-24-11-6-5-9-20(24)26;/h3-9,11,17,19,22H,10,12-15H2,1-2H3;1H/t17-,19+,22-;/m0./s1. The number of hydrogen-bond donors (Lipinski definition) is 0. The van der Waals surface area contributed by atoms with Crippen molar-refractivity contribution < 1.29 is 4.79 Å². The number of aryl methyl sites for hydroxylation is 2. The van der Waals surface area contributed by atoms with Gasteiger partial charge in [-0.3, -0.25) is 14.5 Å². The van der Waals surface area contributed by atoms with Gasteiger partial charge in [0.1, 0.15) is 0 Å². The van der Waals surface area contributed by atoms with Gasteiger partial charge in [-0.25, -0.2) is 0 Å². The first-order valence-corrected chi connectivity index (χ1v) is 9.73. The molecule has 1 aromatic heterocycles. The first-order chi connectivity index (χ1) is 13.0. The second-order valence-electron chi connectivity index (χ2n) is 7.95. The highest BCUT2D eigenvalue weighted by atomic mass is 35.5. The number of aromatic nitrogens is 1. The van der Waals surface area contributed by atoms with Crippen LogP contribution in [0.1, 0.15) is 23.6 Å². The van der Waals surface area contributed by atoms with Crippen LogP contribution in [-0.2, 0) is 11.3 Å². The zero-order valence-electron chi connectivity index (χ0n) is 16.5. The Morgan fingerprint density at radius 2 is 1.82 bits per heavy atom. The number of benzene rings is 1. The number of likely N-dealkylation sites (tertiary alicyclic amines) is 2. The first kappa shape index (κ1) is 20.6. The molecule has 1 amide bonds. The highest BCUT2D eigenvalue weighted by Gasteiger charge is 2.47. The van der Waals surface area contributed by atoms with Gasteiger partial charge in [0.15, 0.2) is 0 Å². The third-order valence-electron chi connectivity index (χ3n) is 6.22. The third kappa shape index (κ3) is 3.87. The Balaban J connectivity index is 0.00000225. The van der Waals surface area contributed by atoms with E-state index in [9.17, 15) is 9.59 Å². The molecule has 2 aliphatic heterocycles. The number of amides is 1. The van der Waals surface area contributed by atoms with Crippen molar-refractivity contribution in [1.82, 2.24) is 14.4 Å². The van der Waals surface area contributed by atoms with Crippen LogP contribution in [0.25, 0.3) is 0 Å². The minimum atomic E-state index is -0.0511. The molecule has 2 aliphatic rings. The van der Waals surface area contributed by atoms with E-state index >= 15 is 0 Å². The van der Waals surface area contributed by atoms with Crippen molar-refractivity contribution in [3.8, 4) is 0 Å². The summed E-state index contributed by atoms with van der Waals surface area (Å²) in [6.45, 7) is 5.31. The second kappa shape index (κ2) is 8.50. The fourth-order valence-electron chi connectivity index (χ4n) is 4.87. The summed E-state index contributed by atoms with van der Waals surface area (Å²) in [5, 5.41) is 0. The monoisotopic (exact) mass is 401 g/mol. The molecule has 4 rings (SSSR count). The Morgan fingerprint density at radius 3 is 2.57 bits per heavy atom. The molecular weight excluding hydrogens is 374 g/mol. The zero-order valence-corrected chi connectivity index (χ0v) is 17.3. The van der Waals surface area contributed by atoms with Gasteiger partial charge in [-0.05, 0) is 37.1 Å². The first-order valence-electron chi connectivity index (χ1n) is 9.73. The van der Waals surface area contributed by atoms with Crippen LogP contribution in [-0.4, -0.2) is 47.0 Å². The number of carbonyl (C=O) groups is 1. The number of carbonyl (C=O) groups excluding carboxylic acids is 1. The van der Waals surface area contributed by atoms with Gasteiger partial charge < -0.3 is 9.47 Å². The minimum absolute atomic E-state index is 0. The summed E-state index contributed by atoms with van der Waals surface area (Å²) in [5.74, 6) is 1.17. The molecule has 150 valence electrons. The molecule has 6 heteroatoms. The van der Waals surface area contributed by atoms with E-state index in [-0.39, 0.29) is 23.9 Å². The predicted octanol–water partition coefficient (Wildman–Crippen LogP) is 2.73. The Bertz CT molecular complexity index is 897. The van der Waals surface area contributed by atoms with Crippen LogP contribution in [0.5, 0.6) is 0 Å². The van der Waals surface area contributed by atoms with Gasteiger partial charge in [0.2, 0.25) is 5.91 Å². The Hall–Kier alpha value is -2.11. The van der Waals surface area contributed by atoms with Crippen LogP contribution in [0.2, 0.25) is 0 Å². The molecule has 1 aromatic carbocycles. The number of halogens is 1. The highest BCUT2D eigenvalue weighted by Crippen LogP contribution is 2.44. The van der Waals surface area contributed by atoms with E-state index < -0.39 is 0 Å². The van der Waals surface area contributed by atoms with Crippen LogP contribution in [0, 0.1) is 18.8 Å². The Kier molecular flexibility index (Phi) is 6.26. The highest BCUT2D eigenvalue weighted by molar-refractivity contribution is 5.85. The average molecular weight is 402 g/mol. The van der Waals surface area contributed by atoms with Crippen LogP contribution in [0.15, 0.2) is 53.5 Å². The lowest BCUT2D eigenvalue weighted by Gasteiger charge is -2.28. The van der Waals surface area contributed by atoms with Crippen molar-refractivity contribution in [3.05, 3.63) is 70.1 Å². The molecule has 0 aliphatic carbocycles.